The molecule has 1 rings (SSSR count). The Bertz CT molecular complexity index is 498. The van der Waals surface area contributed by atoms with Crippen molar-refractivity contribution in [1.82, 2.24) is 10.6 Å². The van der Waals surface area contributed by atoms with Crippen molar-refractivity contribution in [3.05, 3.63) is 35.4 Å². The van der Waals surface area contributed by atoms with E-state index in [2.05, 4.69) is 10.6 Å². The van der Waals surface area contributed by atoms with Gasteiger partial charge in [0.25, 0.3) is 0 Å². The first kappa shape index (κ1) is 18.7. The molecule has 1 aromatic rings. The number of unbranched alkanes of at least 4 members (excludes halogenated alkanes) is 1. The molecule has 0 saturated heterocycles. The highest BCUT2D eigenvalue weighted by Gasteiger charge is 2.27. The first-order chi connectivity index (χ1) is 10.4. The van der Waals surface area contributed by atoms with Crippen molar-refractivity contribution in [3.63, 3.8) is 0 Å². The molecule has 1 aromatic carbocycles. The number of nitrogens with one attached hydrogen (secondary N) is 2. The van der Waals surface area contributed by atoms with Gasteiger partial charge in [0.15, 0.2) is 0 Å². The lowest BCUT2D eigenvalue weighted by atomic mass is 9.95. The molecule has 0 aromatic heterocycles. The number of aliphatic hydroxyl groups is 1. The molecular weight excluding hydrogens is 310 g/mol. The number of halogens is 2. The monoisotopic (exact) mass is 332 g/mol. The number of carbonyl (C=O) groups excluding carboxylic acids is 1. The number of hydrogen-bond acceptors (Lipinski definition) is 3. The van der Waals surface area contributed by atoms with Crippen LogP contribution in [-0.4, -0.2) is 36.2 Å². The lowest BCUT2D eigenvalue weighted by Gasteiger charge is -2.24. The molecule has 0 saturated carbocycles. The molecular formula is C15H22F2N2O2S. The fourth-order valence-corrected chi connectivity index (χ4v) is 2.40. The molecule has 3 N–H and O–H groups in total. The average Bonchev–Trinajstić information content (AvgIpc) is 2.44. The van der Waals surface area contributed by atoms with Crippen molar-refractivity contribution in [2.75, 3.05) is 25.1 Å². The molecule has 0 bridgehead atoms. The maximum atomic E-state index is 13.7. The number of thioether (sulfide) groups is 1. The Balaban J connectivity index is 2.43. The van der Waals surface area contributed by atoms with Gasteiger partial charge in [0.05, 0.1) is 6.54 Å². The van der Waals surface area contributed by atoms with Gasteiger partial charge in [-0.15, -0.1) is 0 Å². The van der Waals surface area contributed by atoms with Crippen LogP contribution in [0.3, 0.4) is 0 Å². The van der Waals surface area contributed by atoms with Crippen molar-refractivity contribution in [2.45, 2.75) is 25.4 Å². The van der Waals surface area contributed by atoms with Crippen LogP contribution >= 0.6 is 11.8 Å². The molecule has 124 valence electrons. The summed E-state index contributed by atoms with van der Waals surface area (Å²) < 4.78 is 26.5. The van der Waals surface area contributed by atoms with Crippen molar-refractivity contribution in [1.29, 1.82) is 0 Å². The van der Waals surface area contributed by atoms with Crippen LogP contribution in [0, 0.1) is 11.6 Å². The van der Waals surface area contributed by atoms with Gasteiger partial charge in [-0.2, -0.15) is 11.8 Å². The van der Waals surface area contributed by atoms with E-state index in [0.717, 1.165) is 24.7 Å². The predicted molar refractivity (Wildman–Crippen MR) is 84.9 cm³/mol. The Morgan fingerprint density at radius 3 is 2.68 bits per heavy atom. The van der Waals surface area contributed by atoms with Crippen LogP contribution in [0.15, 0.2) is 18.2 Å². The van der Waals surface area contributed by atoms with Crippen LogP contribution in [0.5, 0.6) is 0 Å². The third kappa shape index (κ3) is 6.19. The molecule has 0 fully saturated rings. The average molecular weight is 332 g/mol. The van der Waals surface area contributed by atoms with Gasteiger partial charge in [-0.1, -0.05) is 6.07 Å². The highest BCUT2D eigenvalue weighted by Crippen LogP contribution is 2.23. The summed E-state index contributed by atoms with van der Waals surface area (Å²) in [5, 5.41) is 15.4. The second kappa shape index (κ2) is 8.95. The Morgan fingerprint density at radius 2 is 2.05 bits per heavy atom. The van der Waals surface area contributed by atoms with Crippen LogP contribution in [0.4, 0.5) is 13.6 Å². The Hall–Kier alpha value is -1.34. The highest BCUT2D eigenvalue weighted by atomic mass is 32.2. The zero-order valence-corrected chi connectivity index (χ0v) is 13.6. The molecule has 0 spiro atoms. The molecule has 0 aliphatic carbocycles. The summed E-state index contributed by atoms with van der Waals surface area (Å²) in [7, 11) is 0. The summed E-state index contributed by atoms with van der Waals surface area (Å²) in [6, 6.07) is 2.52. The lowest BCUT2D eigenvalue weighted by molar-refractivity contribution is 0.0555. The van der Waals surface area contributed by atoms with Gasteiger partial charge in [0.1, 0.15) is 17.2 Å². The van der Waals surface area contributed by atoms with Crippen molar-refractivity contribution in [3.8, 4) is 0 Å². The van der Waals surface area contributed by atoms with Gasteiger partial charge >= 0.3 is 6.03 Å². The fraction of sp³-hybridized carbons (Fsp3) is 0.533. The van der Waals surface area contributed by atoms with Crippen molar-refractivity contribution in [2.24, 2.45) is 0 Å². The van der Waals surface area contributed by atoms with Crippen LogP contribution in [0.1, 0.15) is 25.3 Å². The number of carbonyl (C=O) groups is 1. The van der Waals surface area contributed by atoms with E-state index in [9.17, 15) is 18.7 Å². The first-order valence-corrected chi connectivity index (χ1v) is 8.45. The van der Waals surface area contributed by atoms with Gasteiger partial charge in [0.2, 0.25) is 0 Å². The largest absolute Gasteiger partial charge is 0.383 e. The fourth-order valence-electron chi connectivity index (χ4n) is 1.91. The van der Waals surface area contributed by atoms with Crippen LogP contribution in [0.25, 0.3) is 0 Å². The molecule has 0 radical (unpaired) electrons. The minimum atomic E-state index is -1.62. The molecule has 1 unspecified atom stereocenters. The van der Waals surface area contributed by atoms with Crippen LogP contribution < -0.4 is 10.6 Å². The quantitative estimate of drug-likeness (QED) is 0.641. The third-order valence-corrected chi connectivity index (χ3v) is 3.86. The Kier molecular flexibility index (Phi) is 7.61. The highest BCUT2D eigenvalue weighted by molar-refractivity contribution is 7.98. The maximum Gasteiger partial charge on any atom is 0.314 e. The van der Waals surface area contributed by atoms with E-state index in [1.165, 1.54) is 13.0 Å². The topological polar surface area (TPSA) is 61.4 Å². The lowest BCUT2D eigenvalue weighted by Crippen LogP contribution is -2.44. The summed E-state index contributed by atoms with van der Waals surface area (Å²) >= 11 is 1.75. The van der Waals surface area contributed by atoms with E-state index in [4.69, 9.17) is 0 Å². The number of amides is 2. The molecule has 2 amide bonds. The minimum absolute atomic E-state index is 0.0610. The zero-order chi connectivity index (χ0) is 16.6. The normalized spacial score (nSPS) is 13.5. The van der Waals surface area contributed by atoms with Gasteiger partial charge in [0, 0.05) is 18.2 Å². The number of hydrogen-bond donors (Lipinski definition) is 3. The van der Waals surface area contributed by atoms with Crippen molar-refractivity contribution >= 4 is 17.8 Å². The summed E-state index contributed by atoms with van der Waals surface area (Å²) in [4.78, 5) is 11.6. The summed E-state index contributed by atoms with van der Waals surface area (Å²) in [5.74, 6) is -0.515. The molecule has 22 heavy (non-hydrogen) atoms. The van der Waals surface area contributed by atoms with E-state index in [1.54, 1.807) is 11.8 Å². The van der Waals surface area contributed by atoms with Gasteiger partial charge < -0.3 is 15.7 Å². The SMILES string of the molecule is CSCCCCNC(=O)NCC(C)(O)c1ccc(F)cc1F. The Labute approximate surface area is 133 Å². The summed E-state index contributed by atoms with van der Waals surface area (Å²) in [5.41, 5.74) is -1.68. The minimum Gasteiger partial charge on any atom is -0.383 e. The number of rotatable bonds is 8. The van der Waals surface area contributed by atoms with E-state index in [-0.39, 0.29) is 12.1 Å². The zero-order valence-electron chi connectivity index (χ0n) is 12.8. The van der Waals surface area contributed by atoms with E-state index in [1.807, 2.05) is 6.26 Å². The maximum absolute atomic E-state index is 13.7. The molecule has 1 atom stereocenters. The molecule has 0 heterocycles. The molecule has 0 aliphatic heterocycles. The standard InChI is InChI=1S/C15H22F2N2O2S/c1-15(21,12-6-5-11(16)9-13(12)17)10-19-14(20)18-7-3-4-8-22-2/h5-6,9,21H,3-4,7-8,10H2,1-2H3,(H2,18,19,20). The summed E-state index contributed by atoms with van der Waals surface area (Å²) in [6.07, 6.45) is 3.91. The summed E-state index contributed by atoms with van der Waals surface area (Å²) in [6.45, 7) is 1.73. The van der Waals surface area contributed by atoms with E-state index < -0.39 is 23.3 Å². The molecule has 0 aliphatic rings. The number of urea groups is 1. The molecule has 4 nitrogen and oxygen atoms in total. The van der Waals surface area contributed by atoms with Gasteiger partial charge in [-0.3, -0.25) is 0 Å². The first-order valence-electron chi connectivity index (χ1n) is 7.05. The van der Waals surface area contributed by atoms with Crippen molar-refractivity contribution < 1.29 is 18.7 Å². The van der Waals surface area contributed by atoms with Gasteiger partial charge in [-0.25, -0.2) is 13.6 Å². The van der Waals surface area contributed by atoms with Crippen LogP contribution in [-0.2, 0) is 5.60 Å². The van der Waals surface area contributed by atoms with E-state index >= 15 is 0 Å². The smallest absolute Gasteiger partial charge is 0.314 e. The number of benzene rings is 1. The van der Waals surface area contributed by atoms with Gasteiger partial charge in [-0.05, 0) is 37.8 Å². The second-order valence-corrected chi connectivity index (χ2v) is 6.19. The Morgan fingerprint density at radius 1 is 1.32 bits per heavy atom. The van der Waals surface area contributed by atoms with Crippen LogP contribution in [0.2, 0.25) is 0 Å². The van der Waals surface area contributed by atoms with E-state index in [0.29, 0.717) is 12.6 Å². The second-order valence-electron chi connectivity index (χ2n) is 5.21. The third-order valence-electron chi connectivity index (χ3n) is 3.17. The predicted octanol–water partition coefficient (Wildman–Crippen LogP) is 2.61. The molecule has 7 heteroatoms.